The lowest BCUT2D eigenvalue weighted by molar-refractivity contribution is -0.151. The summed E-state index contributed by atoms with van der Waals surface area (Å²) in [5.74, 6) is 0.119. The third-order valence-corrected chi connectivity index (χ3v) is 10.9. The smallest absolute Gasteiger partial charge is 0.323 e. The van der Waals surface area contributed by atoms with Gasteiger partial charge in [0.15, 0.2) is 5.58 Å². The summed E-state index contributed by atoms with van der Waals surface area (Å²) in [7, 11) is 1.54. The fraction of sp³-hybridized carbons (Fsp3) is 0.349. The van der Waals surface area contributed by atoms with E-state index in [-0.39, 0.29) is 29.7 Å². The van der Waals surface area contributed by atoms with Gasteiger partial charge in [0.25, 0.3) is 5.91 Å². The molecule has 14 heteroatoms. The number of likely N-dealkylation sites (tertiary alicyclic amines) is 2. The minimum atomic E-state index is -0.465. The molecule has 2 fully saturated rings. The first-order chi connectivity index (χ1) is 27.6. The number of piperidine rings is 1. The number of benzene rings is 3. The van der Waals surface area contributed by atoms with Gasteiger partial charge in [-0.2, -0.15) is 5.26 Å². The van der Waals surface area contributed by atoms with Crippen molar-refractivity contribution in [1.29, 1.82) is 5.26 Å². The number of oxazole rings is 1. The Hall–Kier alpha value is -5.81. The van der Waals surface area contributed by atoms with E-state index < -0.39 is 5.91 Å². The molecule has 0 radical (unpaired) electrons. The number of anilines is 1. The summed E-state index contributed by atoms with van der Waals surface area (Å²) in [5.41, 5.74) is 6.70. The molecule has 0 unspecified atom stereocenters. The number of methoxy groups -OCH3 is 1. The van der Waals surface area contributed by atoms with E-state index in [2.05, 4.69) is 31.5 Å². The molecule has 0 spiro atoms. The molecule has 2 aromatic heterocycles. The maximum Gasteiger partial charge on any atom is 0.323 e. The number of halogens is 1. The molecule has 5 aromatic rings. The molecule has 1 atom stereocenters. The number of hydrogen-bond acceptors (Lipinski definition) is 11. The van der Waals surface area contributed by atoms with Gasteiger partial charge in [-0.05, 0) is 74.2 Å². The van der Waals surface area contributed by atoms with Crippen molar-refractivity contribution in [2.45, 2.75) is 65.2 Å². The zero-order valence-corrected chi connectivity index (χ0v) is 33.1. The van der Waals surface area contributed by atoms with Crippen LogP contribution in [0.5, 0.6) is 5.75 Å². The zero-order valence-electron chi connectivity index (χ0n) is 32.4. The highest BCUT2D eigenvalue weighted by Gasteiger charge is 2.31. The number of pyridine rings is 1. The van der Waals surface area contributed by atoms with Crippen LogP contribution in [0.1, 0.15) is 65.9 Å². The Morgan fingerprint density at radius 1 is 1.05 bits per heavy atom. The number of nitrogens with one attached hydrogen (secondary N) is 2. The first-order valence-electron chi connectivity index (χ1n) is 19.0. The van der Waals surface area contributed by atoms with E-state index in [1.54, 1.807) is 25.3 Å². The number of hydrogen-bond donors (Lipinski definition) is 2. The summed E-state index contributed by atoms with van der Waals surface area (Å²) in [5, 5.41) is 16.2. The van der Waals surface area contributed by atoms with Gasteiger partial charge in [0.05, 0.1) is 36.0 Å². The third kappa shape index (κ3) is 8.49. The lowest BCUT2D eigenvalue weighted by Crippen LogP contribution is -2.58. The monoisotopic (exact) mass is 789 g/mol. The van der Waals surface area contributed by atoms with Crippen molar-refractivity contribution in [3.8, 4) is 34.4 Å². The van der Waals surface area contributed by atoms with E-state index in [9.17, 15) is 19.6 Å². The van der Waals surface area contributed by atoms with Crippen LogP contribution < -0.4 is 15.4 Å². The highest BCUT2D eigenvalue weighted by molar-refractivity contribution is 6.36. The molecule has 0 saturated carbocycles. The number of nitrogens with zero attached hydrogens (tertiary/aromatic N) is 5. The molecular weight excluding hydrogens is 746 g/mol. The largest absolute Gasteiger partial charge is 0.496 e. The van der Waals surface area contributed by atoms with Crippen LogP contribution in [0.2, 0.25) is 5.02 Å². The number of nitriles is 1. The van der Waals surface area contributed by atoms with Gasteiger partial charge in [0, 0.05) is 62.1 Å². The Bertz CT molecular complexity index is 2380. The Morgan fingerprint density at radius 3 is 2.58 bits per heavy atom. The van der Waals surface area contributed by atoms with E-state index in [1.165, 1.54) is 14.0 Å². The van der Waals surface area contributed by atoms with E-state index in [0.29, 0.717) is 64.3 Å². The van der Waals surface area contributed by atoms with Crippen LogP contribution in [-0.4, -0.2) is 83.0 Å². The fourth-order valence-corrected chi connectivity index (χ4v) is 7.98. The summed E-state index contributed by atoms with van der Waals surface area (Å²) in [4.78, 5) is 51.2. The second kappa shape index (κ2) is 17.1. The van der Waals surface area contributed by atoms with Gasteiger partial charge in [-0.15, -0.1) is 0 Å². The summed E-state index contributed by atoms with van der Waals surface area (Å²) >= 11 is 7.01. The normalized spacial score (nSPS) is 16.1. The number of carbonyl (C=O) groups is 3. The number of rotatable bonds is 12. The van der Waals surface area contributed by atoms with Crippen molar-refractivity contribution >= 4 is 46.2 Å². The molecular formula is C43H44ClN7O6. The highest BCUT2D eigenvalue weighted by Crippen LogP contribution is 2.39. The van der Waals surface area contributed by atoms with Crippen LogP contribution in [0.3, 0.4) is 0 Å². The highest BCUT2D eigenvalue weighted by atomic mass is 35.5. The number of esters is 1. The van der Waals surface area contributed by atoms with Gasteiger partial charge in [-0.1, -0.05) is 42.3 Å². The molecule has 2 aliphatic heterocycles. The standard InChI is InChI=1S/C43H44ClN7O6/c1-5-56-43(54)37-14-6-7-15-51(37)22-29-20-46-36(18-38(29)55-4)41(53)48-34-13-9-12-33(39(34)44)31-10-8-11-32(25(31)2)42-49-35-17-27(16-28(19-45)40(35)57-42)21-50-23-30(24-50)47-26(3)52/h8-13,16-18,20,30,37H,5-7,14-15,21-24H2,1-4H3,(H,47,52)(H,48,53)/t37-/m0/s1. The second-order valence-corrected chi connectivity index (χ2v) is 14.8. The molecule has 13 nitrogen and oxygen atoms in total. The molecule has 0 aliphatic carbocycles. The molecule has 2 aliphatic rings. The average molecular weight is 790 g/mol. The van der Waals surface area contributed by atoms with Gasteiger partial charge in [0.1, 0.15) is 29.1 Å². The lowest BCUT2D eigenvalue weighted by Gasteiger charge is -2.39. The fourth-order valence-electron chi connectivity index (χ4n) is 7.70. The lowest BCUT2D eigenvalue weighted by atomic mass is 9.96. The van der Waals surface area contributed by atoms with Gasteiger partial charge in [-0.3, -0.25) is 29.2 Å². The Labute approximate surface area is 335 Å². The van der Waals surface area contributed by atoms with Crippen LogP contribution in [0.15, 0.2) is 65.2 Å². The van der Waals surface area contributed by atoms with Gasteiger partial charge >= 0.3 is 5.97 Å². The molecule has 2 N–H and O–H groups in total. The van der Waals surface area contributed by atoms with Crippen molar-refractivity contribution in [3.63, 3.8) is 0 Å². The molecule has 57 heavy (non-hydrogen) atoms. The first kappa shape index (κ1) is 39.4. The number of amides is 2. The van der Waals surface area contributed by atoms with Crippen molar-refractivity contribution < 1.29 is 28.3 Å². The topological polar surface area (TPSA) is 163 Å². The van der Waals surface area contributed by atoms with E-state index >= 15 is 0 Å². The SMILES string of the molecule is CCOC(=O)[C@@H]1CCCCN1Cc1cnc(C(=O)Nc2cccc(-c3cccc(-c4nc5cc(CN6CC(NC(C)=O)C6)cc(C#N)c5o4)c3C)c2Cl)cc1OC. The third-order valence-electron chi connectivity index (χ3n) is 10.5. The molecule has 3 aromatic carbocycles. The van der Waals surface area contributed by atoms with Gasteiger partial charge in [0.2, 0.25) is 11.8 Å². The average Bonchev–Trinajstić information content (AvgIpc) is 3.62. The molecule has 294 valence electrons. The van der Waals surface area contributed by atoms with E-state index in [1.807, 2.05) is 49.4 Å². The van der Waals surface area contributed by atoms with Crippen LogP contribution in [-0.2, 0) is 27.4 Å². The number of ether oxygens (including phenoxy) is 2. The van der Waals surface area contributed by atoms with Gasteiger partial charge < -0.3 is 24.5 Å². The zero-order chi connectivity index (χ0) is 40.2. The van der Waals surface area contributed by atoms with E-state index in [0.717, 1.165) is 66.7 Å². The Morgan fingerprint density at radius 2 is 1.82 bits per heavy atom. The Kier molecular flexibility index (Phi) is 11.9. The molecule has 0 bridgehead atoms. The molecule has 7 rings (SSSR count). The van der Waals surface area contributed by atoms with Crippen LogP contribution in [0.4, 0.5) is 5.69 Å². The molecule has 2 amide bonds. The first-order valence-corrected chi connectivity index (χ1v) is 19.4. The summed E-state index contributed by atoms with van der Waals surface area (Å²) in [6.07, 6.45) is 4.27. The maximum atomic E-state index is 13.6. The quantitative estimate of drug-likeness (QED) is 0.127. The van der Waals surface area contributed by atoms with Crippen molar-refractivity contribution in [3.05, 3.63) is 93.8 Å². The second-order valence-electron chi connectivity index (χ2n) is 14.4. The number of aromatic nitrogens is 2. The Balaban J connectivity index is 1.09. The van der Waals surface area contributed by atoms with Crippen molar-refractivity contribution in [2.24, 2.45) is 0 Å². The number of fused-ring (bicyclic) bond motifs is 1. The minimum absolute atomic E-state index is 0.0436. The predicted molar refractivity (Wildman–Crippen MR) is 216 cm³/mol. The maximum absolute atomic E-state index is 13.6. The molecule has 2 saturated heterocycles. The van der Waals surface area contributed by atoms with Gasteiger partial charge in [-0.25, -0.2) is 4.98 Å². The van der Waals surface area contributed by atoms with Crippen LogP contribution >= 0.6 is 11.6 Å². The summed E-state index contributed by atoms with van der Waals surface area (Å²) in [6.45, 7) is 8.86. The minimum Gasteiger partial charge on any atom is -0.496 e. The summed E-state index contributed by atoms with van der Waals surface area (Å²) < 4.78 is 17.2. The van der Waals surface area contributed by atoms with Crippen LogP contribution in [0, 0.1) is 18.3 Å². The summed E-state index contributed by atoms with van der Waals surface area (Å²) in [6, 6.07) is 18.6. The number of carbonyl (C=O) groups excluding carboxylic acids is 3. The predicted octanol–water partition coefficient (Wildman–Crippen LogP) is 6.89. The van der Waals surface area contributed by atoms with Crippen molar-refractivity contribution in [1.82, 2.24) is 25.1 Å². The van der Waals surface area contributed by atoms with Crippen molar-refractivity contribution in [2.75, 3.05) is 38.7 Å². The molecule has 4 heterocycles. The van der Waals surface area contributed by atoms with E-state index in [4.69, 9.17) is 30.5 Å². The van der Waals surface area contributed by atoms with Crippen LogP contribution in [0.25, 0.3) is 33.7 Å².